The van der Waals surface area contributed by atoms with Gasteiger partial charge in [-0.1, -0.05) is 23.8 Å². The summed E-state index contributed by atoms with van der Waals surface area (Å²) in [6.45, 7) is 5.31. The molecule has 0 spiro atoms. The normalized spacial score (nSPS) is 24.5. The Labute approximate surface area is 120 Å². The first-order chi connectivity index (χ1) is 9.65. The lowest BCUT2D eigenvalue weighted by Gasteiger charge is -2.29. The maximum atomic E-state index is 12.6. The number of carbonyl (C=O) groups excluding carboxylic acids is 1. The Kier molecular flexibility index (Phi) is 3.55. The van der Waals surface area contributed by atoms with Crippen molar-refractivity contribution >= 4 is 5.97 Å². The van der Waals surface area contributed by atoms with Crippen molar-refractivity contribution in [2.45, 2.75) is 45.1 Å². The zero-order chi connectivity index (χ0) is 14.2. The van der Waals surface area contributed by atoms with Crippen LogP contribution in [0.4, 0.5) is 0 Å². The first kappa shape index (κ1) is 13.6. The predicted octanol–water partition coefficient (Wildman–Crippen LogP) is 2.70. The molecular weight excluding hydrogens is 250 g/mol. The first-order valence-electron chi connectivity index (χ1n) is 7.68. The summed E-state index contributed by atoms with van der Waals surface area (Å²) >= 11 is 0. The van der Waals surface area contributed by atoms with E-state index in [1.165, 1.54) is 24.0 Å². The molecular formula is C17H23NO2. The van der Waals surface area contributed by atoms with Crippen LogP contribution >= 0.6 is 0 Å². The van der Waals surface area contributed by atoms with Crippen molar-refractivity contribution in [3.8, 4) is 0 Å². The SMILES string of the molecule is CCOC(=O)C1(NCC2CC2)CCc2ccc(C)cc21. The van der Waals surface area contributed by atoms with E-state index in [1.807, 2.05) is 6.92 Å². The van der Waals surface area contributed by atoms with E-state index in [2.05, 4.69) is 30.4 Å². The molecule has 1 saturated carbocycles. The van der Waals surface area contributed by atoms with E-state index >= 15 is 0 Å². The van der Waals surface area contributed by atoms with Crippen LogP contribution in [0, 0.1) is 12.8 Å². The highest BCUT2D eigenvalue weighted by Crippen LogP contribution is 2.40. The molecule has 1 fully saturated rings. The van der Waals surface area contributed by atoms with Crippen LogP contribution in [0.3, 0.4) is 0 Å². The van der Waals surface area contributed by atoms with Crippen molar-refractivity contribution < 1.29 is 9.53 Å². The number of aryl methyl sites for hydroxylation is 2. The lowest BCUT2D eigenvalue weighted by Crippen LogP contribution is -2.49. The topological polar surface area (TPSA) is 38.3 Å². The third-order valence-electron chi connectivity index (χ3n) is 4.51. The Balaban J connectivity index is 1.94. The number of benzene rings is 1. The summed E-state index contributed by atoms with van der Waals surface area (Å²) in [5, 5.41) is 3.55. The molecule has 0 aromatic heterocycles. The van der Waals surface area contributed by atoms with Crippen LogP contribution in [-0.2, 0) is 21.5 Å². The molecule has 0 radical (unpaired) electrons. The van der Waals surface area contributed by atoms with Gasteiger partial charge in [-0.25, -0.2) is 4.79 Å². The van der Waals surface area contributed by atoms with E-state index < -0.39 is 5.54 Å². The summed E-state index contributed by atoms with van der Waals surface area (Å²) < 4.78 is 5.38. The van der Waals surface area contributed by atoms with Crippen molar-refractivity contribution in [1.29, 1.82) is 0 Å². The van der Waals surface area contributed by atoms with Crippen LogP contribution < -0.4 is 5.32 Å². The van der Waals surface area contributed by atoms with Crippen LogP contribution in [0.5, 0.6) is 0 Å². The lowest BCUT2D eigenvalue weighted by atomic mass is 9.90. The minimum Gasteiger partial charge on any atom is -0.464 e. The summed E-state index contributed by atoms with van der Waals surface area (Å²) in [5.74, 6) is 0.639. The Hall–Kier alpha value is -1.35. The molecule has 108 valence electrons. The van der Waals surface area contributed by atoms with Gasteiger partial charge in [0, 0.05) is 0 Å². The average molecular weight is 273 g/mol. The number of rotatable bonds is 5. The number of ether oxygens (including phenoxy) is 1. The quantitative estimate of drug-likeness (QED) is 0.838. The van der Waals surface area contributed by atoms with E-state index in [-0.39, 0.29) is 5.97 Å². The molecule has 1 aromatic carbocycles. The second-order valence-corrected chi connectivity index (χ2v) is 6.11. The van der Waals surface area contributed by atoms with E-state index in [0.29, 0.717) is 6.61 Å². The van der Waals surface area contributed by atoms with Crippen LogP contribution in [0.1, 0.15) is 42.9 Å². The summed E-state index contributed by atoms with van der Waals surface area (Å²) in [6.07, 6.45) is 4.34. The van der Waals surface area contributed by atoms with E-state index in [1.54, 1.807) is 0 Å². The third kappa shape index (κ3) is 2.35. The van der Waals surface area contributed by atoms with Gasteiger partial charge in [0.05, 0.1) is 6.61 Å². The zero-order valence-electron chi connectivity index (χ0n) is 12.4. The van der Waals surface area contributed by atoms with Crippen molar-refractivity contribution in [3.63, 3.8) is 0 Å². The standard InChI is InChI=1S/C17H23NO2/c1-3-20-16(19)17(18-11-13-5-6-13)9-8-14-7-4-12(2)10-15(14)17/h4,7,10,13,18H,3,5-6,8-9,11H2,1-2H3. The molecule has 3 rings (SSSR count). The van der Waals surface area contributed by atoms with Crippen molar-refractivity contribution in [1.82, 2.24) is 5.32 Å². The van der Waals surface area contributed by atoms with Gasteiger partial charge in [0.1, 0.15) is 5.54 Å². The van der Waals surface area contributed by atoms with Crippen LogP contribution in [-0.4, -0.2) is 19.1 Å². The van der Waals surface area contributed by atoms with Crippen molar-refractivity contribution in [2.24, 2.45) is 5.92 Å². The van der Waals surface area contributed by atoms with Gasteiger partial charge in [0.25, 0.3) is 0 Å². The molecule has 2 aliphatic rings. The second-order valence-electron chi connectivity index (χ2n) is 6.11. The minimum absolute atomic E-state index is 0.106. The van der Waals surface area contributed by atoms with Crippen molar-refractivity contribution in [3.05, 3.63) is 34.9 Å². The molecule has 20 heavy (non-hydrogen) atoms. The fraction of sp³-hybridized carbons (Fsp3) is 0.588. The highest BCUT2D eigenvalue weighted by atomic mass is 16.5. The molecule has 1 aromatic rings. The van der Waals surface area contributed by atoms with E-state index in [0.717, 1.165) is 30.9 Å². The largest absolute Gasteiger partial charge is 0.464 e. The molecule has 1 unspecified atom stereocenters. The molecule has 2 aliphatic carbocycles. The third-order valence-corrected chi connectivity index (χ3v) is 4.51. The van der Waals surface area contributed by atoms with Gasteiger partial charge < -0.3 is 4.74 Å². The molecule has 1 N–H and O–H groups in total. The maximum absolute atomic E-state index is 12.6. The molecule has 1 atom stereocenters. The van der Waals surface area contributed by atoms with Crippen LogP contribution in [0.15, 0.2) is 18.2 Å². The molecule has 0 saturated heterocycles. The van der Waals surface area contributed by atoms with Gasteiger partial charge in [-0.15, -0.1) is 0 Å². The van der Waals surface area contributed by atoms with Crippen molar-refractivity contribution in [2.75, 3.05) is 13.2 Å². The summed E-state index contributed by atoms with van der Waals surface area (Å²) in [5.41, 5.74) is 3.01. The number of esters is 1. The van der Waals surface area contributed by atoms with Gasteiger partial charge >= 0.3 is 5.97 Å². The van der Waals surface area contributed by atoms with Crippen LogP contribution in [0.2, 0.25) is 0 Å². The highest BCUT2D eigenvalue weighted by molar-refractivity contribution is 5.84. The van der Waals surface area contributed by atoms with E-state index in [9.17, 15) is 4.79 Å². The monoisotopic (exact) mass is 273 g/mol. The Morgan fingerprint density at radius 2 is 2.25 bits per heavy atom. The van der Waals surface area contributed by atoms with E-state index in [4.69, 9.17) is 4.74 Å². The van der Waals surface area contributed by atoms with Gasteiger partial charge in [-0.05, 0) is 63.1 Å². The van der Waals surface area contributed by atoms with Gasteiger partial charge in [0.15, 0.2) is 0 Å². The Morgan fingerprint density at radius 3 is 2.95 bits per heavy atom. The average Bonchev–Trinajstić information content (AvgIpc) is 3.19. The first-order valence-corrected chi connectivity index (χ1v) is 7.68. The molecule has 3 nitrogen and oxygen atoms in total. The number of hydrogen-bond donors (Lipinski definition) is 1. The summed E-state index contributed by atoms with van der Waals surface area (Å²) in [6, 6.07) is 6.44. The minimum atomic E-state index is -0.611. The van der Waals surface area contributed by atoms with Gasteiger partial charge in [0.2, 0.25) is 0 Å². The molecule has 0 aliphatic heterocycles. The lowest BCUT2D eigenvalue weighted by molar-refractivity contribution is -0.151. The second kappa shape index (κ2) is 5.21. The number of carbonyl (C=O) groups is 1. The zero-order valence-corrected chi connectivity index (χ0v) is 12.4. The molecule has 0 heterocycles. The molecule has 0 bridgehead atoms. The summed E-state index contributed by atoms with van der Waals surface area (Å²) in [7, 11) is 0. The Morgan fingerprint density at radius 1 is 1.45 bits per heavy atom. The highest BCUT2D eigenvalue weighted by Gasteiger charge is 2.47. The summed E-state index contributed by atoms with van der Waals surface area (Å²) in [4.78, 5) is 12.6. The van der Waals surface area contributed by atoms with Gasteiger partial charge in [-0.2, -0.15) is 0 Å². The van der Waals surface area contributed by atoms with Gasteiger partial charge in [-0.3, -0.25) is 5.32 Å². The smallest absolute Gasteiger partial charge is 0.331 e. The molecule has 3 heteroatoms. The number of fused-ring (bicyclic) bond motifs is 1. The van der Waals surface area contributed by atoms with Crippen LogP contribution in [0.25, 0.3) is 0 Å². The maximum Gasteiger partial charge on any atom is 0.331 e. The number of hydrogen-bond acceptors (Lipinski definition) is 3. The predicted molar refractivity (Wildman–Crippen MR) is 78.5 cm³/mol. The Bertz CT molecular complexity index is 522. The fourth-order valence-electron chi connectivity index (χ4n) is 3.13. The number of nitrogens with one attached hydrogen (secondary N) is 1. The fourth-order valence-corrected chi connectivity index (χ4v) is 3.13. The molecule has 0 amide bonds.